The number of carbonyl (C=O) groups is 1. The van der Waals surface area contributed by atoms with Crippen LogP contribution in [0, 0.1) is 16.0 Å². The first kappa shape index (κ1) is 28.8. The van der Waals surface area contributed by atoms with Crippen LogP contribution in [0.25, 0.3) is 0 Å². The molecule has 1 saturated heterocycles. The normalized spacial score (nSPS) is 16.8. The lowest BCUT2D eigenvalue weighted by Gasteiger charge is -2.36. The first-order valence-corrected chi connectivity index (χ1v) is 12.4. The zero-order chi connectivity index (χ0) is 24.5. The Bertz CT molecular complexity index is 668. The van der Waals surface area contributed by atoms with Crippen LogP contribution in [-0.4, -0.2) is 67.2 Å². The van der Waals surface area contributed by atoms with Crippen molar-refractivity contribution in [2.24, 2.45) is 5.92 Å². The second-order valence-corrected chi connectivity index (χ2v) is 8.85. The van der Waals surface area contributed by atoms with Gasteiger partial charge in [0.2, 0.25) is 0 Å². The number of nitro benzene ring substituents is 1. The van der Waals surface area contributed by atoms with Crippen molar-refractivity contribution in [1.82, 2.24) is 10.2 Å². The van der Waals surface area contributed by atoms with E-state index >= 15 is 0 Å². The summed E-state index contributed by atoms with van der Waals surface area (Å²) in [6.07, 6.45) is 11.4. The fourth-order valence-corrected chi connectivity index (χ4v) is 4.27. The number of unbranched alkanes of at least 4 members (excludes halogenated alkanes) is 1. The van der Waals surface area contributed by atoms with E-state index in [1.807, 2.05) is 13.1 Å². The van der Waals surface area contributed by atoms with Crippen LogP contribution in [0.15, 0.2) is 24.3 Å². The van der Waals surface area contributed by atoms with E-state index in [9.17, 15) is 10.1 Å². The second kappa shape index (κ2) is 17.3. The van der Waals surface area contributed by atoms with Crippen LogP contribution in [0.4, 0.5) is 11.4 Å². The molecular weight excluding hydrogens is 420 g/mol. The molecule has 2 aliphatic rings. The van der Waals surface area contributed by atoms with Gasteiger partial charge in [-0.2, -0.15) is 0 Å². The van der Waals surface area contributed by atoms with E-state index in [0.717, 1.165) is 57.8 Å². The summed E-state index contributed by atoms with van der Waals surface area (Å²) in [4.78, 5) is 24.2. The lowest BCUT2D eigenvalue weighted by Crippen LogP contribution is -2.46. The minimum Gasteiger partial charge on any atom is -0.481 e. The lowest BCUT2D eigenvalue weighted by molar-refractivity contribution is -0.384. The summed E-state index contributed by atoms with van der Waals surface area (Å²) >= 11 is 0. The molecule has 0 unspecified atom stereocenters. The molecule has 0 amide bonds. The number of benzene rings is 1. The summed E-state index contributed by atoms with van der Waals surface area (Å²) in [5.41, 5.74) is 1.13. The van der Waals surface area contributed by atoms with Gasteiger partial charge >= 0.3 is 0 Å². The Kier molecular flexibility index (Phi) is 15.1. The number of anilines is 1. The van der Waals surface area contributed by atoms with Crippen LogP contribution in [0.3, 0.4) is 0 Å². The van der Waals surface area contributed by atoms with Crippen molar-refractivity contribution in [1.29, 1.82) is 0 Å². The van der Waals surface area contributed by atoms with Crippen LogP contribution in [-0.2, 0) is 4.79 Å². The topological polar surface area (TPSA) is 99.0 Å². The van der Waals surface area contributed by atoms with Gasteiger partial charge in [-0.05, 0) is 45.0 Å². The third-order valence-corrected chi connectivity index (χ3v) is 6.23. The number of aliphatic carboxylic acids is 1. The molecule has 1 aromatic rings. The van der Waals surface area contributed by atoms with Gasteiger partial charge in [0.05, 0.1) is 4.92 Å². The number of rotatable bonds is 8. The molecule has 1 aliphatic heterocycles. The first-order chi connectivity index (χ1) is 15.9. The number of hydrogen-bond acceptors (Lipinski definition) is 6. The molecule has 2 fully saturated rings. The highest BCUT2D eigenvalue weighted by Crippen LogP contribution is 2.25. The molecule has 1 aliphatic carbocycles. The zero-order valence-corrected chi connectivity index (χ0v) is 20.8. The number of nitro groups is 1. The van der Waals surface area contributed by atoms with Crippen molar-refractivity contribution in [2.75, 3.05) is 51.2 Å². The van der Waals surface area contributed by atoms with Gasteiger partial charge < -0.3 is 15.3 Å². The third kappa shape index (κ3) is 13.2. The van der Waals surface area contributed by atoms with E-state index in [1.54, 1.807) is 18.2 Å². The van der Waals surface area contributed by atoms with E-state index < -0.39 is 5.97 Å². The zero-order valence-electron chi connectivity index (χ0n) is 20.8. The Hall–Kier alpha value is -2.19. The van der Waals surface area contributed by atoms with E-state index in [-0.39, 0.29) is 10.6 Å². The van der Waals surface area contributed by atoms with Gasteiger partial charge in [-0.25, -0.2) is 0 Å². The molecule has 33 heavy (non-hydrogen) atoms. The number of carboxylic acids is 1. The summed E-state index contributed by atoms with van der Waals surface area (Å²) in [6, 6.07) is 6.93. The van der Waals surface area contributed by atoms with Gasteiger partial charge in [0.15, 0.2) is 0 Å². The Morgan fingerprint density at radius 2 is 1.79 bits per heavy atom. The van der Waals surface area contributed by atoms with Gasteiger partial charge in [0.1, 0.15) is 0 Å². The SMILES string of the molecule is CC(=O)O.CCC1CCCCC1.CNCCCCN1CCN(c2cccc([N+](=O)[O-])c2)CC1. The standard InChI is InChI=1S/C15H24N4O2.C8H16.C2H4O2/c1-16-7-2-3-8-17-9-11-18(12-10-17)14-5-4-6-15(13-14)19(20)21;1-2-8-6-4-3-5-7-8;1-2(3)4/h4-6,13,16H,2-3,7-12H2,1H3;8H,2-7H2,1H3;1H3,(H,3,4). The highest BCUT2D eigenvalue weighted by molar-refractivity contribution is 5.63. The monoisotopic (exact) mass is 464 g/mol. The van der Waals surface area contributed by atoms with Crippen LogP contribution < -0.4 is 10.2 Å². The number of non-ortho nitro benzene ring substituents is 1. The molecule has 1 heterocycles. The second-order valence-electron chi connectivity index (χ2n) is 8.85. The van der Waals surface area contributed by atoms with E-state index in [1.165, 1.54) is 51.4 Å². The van der Waals surface area contributed by atoms with Gasteiger partial charge in [-0.15, -0.1) is 0 Å². The predicted octanol–water partition coefficient (Wildman–Crippen LogP) is 4.78. The highest BCUT2D eigenvalue weighted by atomic mass is 16.6. The Balaban J connectivity index is 0.000000372. The van der Waals surface area contributed by atoms with Crippen LogP contribution in [0.1, 0.15) is 65.2 Å². The van der Waals surface area contributed by atoms with Crippen molar-refractivity contribution in [3.05, 3.63) is 34.4 Å². The molecule has 8 nitrogen and oxygen atoms in total. The third-order valence-electron chi connectivity index (χ3n) is 6.23. The van der Waals surface area contributed by atoms with Gasteiger partial charge in [0.25, 0.3) is 11.7 Å². The van der Waals surface area contributed by atoms with Crippen LogP contribution in [0.2, 0.25) is 0 Å². The number of nitrogens with zero attached hydrogens (tertiary/aromatic N) is 3. The quantitative estimate of drug-likeness (QED) is 0.324. The maximum absolute atomic E-state index is 10.8. The first-order valence-electron chi connectivity index (χ1n) is 12.4. The molecule has 1 aromatic carbocycles. The minimum absolute atomic E-state index is 0.169. The Labute approximate surface area is 199 Å². The van der Waals surface area contributed by atoms with Crippen LogP contribution >= 0.6 is 0 Å². The molecule has 3 rings (SSSR count). The fourth-order valence-electron chi connectivity index (χ4n) is 4.27. The Morgan fingerprint density at radius 3 is 2.30 bits per heavy atom. The average molecular weight is 465 g/mol. The molecule has 0 atom stereocenters. The van der Waals surface area contributed by atoms with Crippen molar-refractivity contribution in [3.63, 3.8) is 0 Å². The summed E-state index contributed by atoms with van der Waals surface area (Å²) in [5, 5.41) is 21.4. The molecule has 188 valence electrons. The summed E-state index contributed by atoms with van der Waals surface area (Å²) in [5.74, 6) is 0.253. The fraction of sp³-hybridized carbons (Fsp3) is 0.720. The molecule has 0 radical (unpaired) electrons. The lowest BCUT2D eigenvalue weighted by atomic mass is 9.88. The molecule has 2 N–H and O–H groups in total. The molecule has 0 aromatic heterocycles. The molecule has 1 saturated carbocycles. The Morgan fingerprint density at radius 1 is 1.15 bits per heavy atom. The van der Waals surface area contributed by atoms with Crippen LogP contribution in [0.5, 0.6) is 0 Å². The summed E-state index contributed by atoms with van der Waals surface area (Å²) in [7, 11) is 1.98. The van der Waals surface area contributed by atoms with Gasteiger partial charge in [-0.3, -0.25) is 19.8 Å². The van der Waals surface area contributed by atoms with Gasteiger partial charge in [0, 0.05) is 50.9 Å². The summed E-state index contributed by atoms with van der Waals surface area (Å²) < 4.78 is 0. The molecule has 0 bridgehead atoms. The van der Waals surface area contributed by atoms with Crippen molar-refractivity contribution < 1.29 is 14.8 Å². The number of carboxylic acid groups (broad SMARTS) is 1. The molecular formula is C25H44N4O4. The summed E-state index contributed by atoms with van der Waals surface area (Å²) in [6.45, 7) is 9.55. The van der Waals surface area contributed by atoms with Crippen molar-refractivity contribution in [3.8, 4) is 0 Å². The largest absolute Gasteiger partial charge is 0.481 e. The average Bonchev–Trinajstić information content (AvgIpc) is 2.83. The van der Waals surface area contributed by atoms with E-state index in [0.29, 0.717) is 0 Å². The molecule has 8 heteroatoms. The van der Waals surface area contributed by atoms with Crippen molar-refractivity contribution in [2.45, 2.75) is 65.2 Å². The highest BCUT2D eigenvalue weighted by Gasteiger charge is 2.18. The van der Waals surface area contributed by atoms with E-state index in [2.05, 4.69) is 22.0 Å². The minimum atomic E-state index is -0.833. The number of hydrogen-bond donors (Lipinski definition) is 2. The van der Waals surface area contributed by atoms with Crippen molar-refractivity contribution >= 4 is 17.3 Å². The van der Waals surface area contributed by atoms with E-state index in [4.69, 9.17) is 9.90 Å². The number of nitrogens with one attached hydrogen (secondary N) is 1. The molecule has 0 spiro atoms. The predicted molar refractivity (Wildman–Crippen MR) is 135 cm³/mol. The maximum atomic E-state index is 10.8. The van der Waals surface area contributed by atoms with Gasteiger partial charge in [-0.1, -0.05) is 51.5 Å². The number of piperazine rings is 1. The smallest absolute Gasteiger partial charge is 0.300 e. The maximum Gasteiger partial charge on any atom is 0.300 e.